The van der Waals surface area contributed by atoms with Crippen LogP contribution in [0, 0.1) is 0 Å². The quantitative estimate of drug-likeness (QED) is 0.860. The number of carboxylic acids is 1. The first kappa shape index (κ1) is 14.8. The molecule has 1 aromatic carbocycles. The van der Waals surface area contributed by atoms with E-state index >= 15 is 0 Å². The van der Waals surface area contributed by atoms with E-state index in [1.54, 1.807) is 12.1 Å². The molecule has 1 N–H and O–H groups in total. The molecule has 0 amide bonds. The molecule has 0 saturated carbocycles. The molecule has 1 heterocycles. The third-order valence-electron chi connectivity index (χ3n) is 3.83. The van der Waals surface area contributed by atoms with E-state index in [1.807, 2.05) is 17.5 Å². The van der Waals surface area contributed by atoms with E-state index in [1.165, 1.54) is 11.3 Å². The molecule has 1 aliphatic rings. The zero-order chi connectivity index (χ0) is 15.5. The summed E-state index contributed by atoms with van der Waals surface area (Å²) in [7, 11) is 0. The minimum absolute atomic E-state index is 0.0398. The van der Waals surface area contributed by atoms with Gasteiger partial charge in [-0.15, -0.1) is 11.3 Å². The lowest BCUT2D eigenvalue weighted by Crippen LogP contribution is -2.15. The summed E-state index contributed by atoms with van der Waals surface area (Å²) in [5, 5.41) is 10.7. The number of fused-ring (bicyclic) bond motifs is 1. The Morgan fingerprint density at radius 3 is 2.59 bits per heavy atom. The number of carbonyl (C=O) groups excluding carboxylic acids is 1. The molecule has 5 heteroatoms. The highest BCUT2D eigenvalue weighted by Crippen LogP contribution is 2.33. The van der Waals surface area contributed by atoms with Crippen molar-refractivity contribution in [3.05, 3.63) is 51.2 Å². The van der Waals surface area contributed by atoms with Crippen LogP contribution in [0.3, 0.4) is 0 Å². The Hall–Kier alpha value is -2.14. The number of rotatable bonds is 5. The SMILES string of the molecule is O=C(O)COc1ccc(C(=O)c2cccs2)c2c1CCCC2. The number of aliphatic carboxylic acids is 1. The fourth-order valence-corrected chi connectivity index (χ4v) is 3.54. The standard InChI is InChI=1S/C17H16O4S/c18-16(19)10-21-14-8-7-13(11-4-1-2-5-12(11)14)17(20)15-6-3-9-22-15/h3,6-9H,1-2,4-5,10H2,(H,18,19). The largest absolute Gasteiger partial charge is 0.482 e. The van der Waals surface area contributed by atoms with Crippen molar-refractivity contribution in [2.75, 3.05) is 6.61 Å². The predicted molar refractivity (Wildman–Crippen MR) is 84.0 cm³/mol. The summed E-state index contributed by atoms with van der Waals surface area (Å²) in [5.41, 5.74) is 2.74. The third-order valence-corrected chi connectivity index (χ3v) is 4.70. The third kappa shape index (κ3) is 2.90. The fourth-order valence-electron chi connectivity index (χ4n) is 2.86. The summed E-state index contributed by atoms with van der Waals surface area (Å²) in [6.07, 6.45) is 3.75. The van der Waals surface area contributed by atoms with E-state index in [0.717, 1.165) is 47.3 Å². The molecule has 22 heavy (non-hydrogen) atoms. The van der Waals surface area contributed by atoms with E-state index < -0.39 is 5.97 Å². The van der Waals surface area contributed by atoms with Gasteiger partial charge in [0.25, 0.3) is 0 Å². The Morgan fingerprint density at radius 2 is 1.91 bits per heavy atom. The van der Waals surface area contributed by atoms with Gasteiger partial charge in [-0.1, -0.05) is 6.07 Å². The number of carbonyl (C=O) groups is 2. The average Bonchev–Trinajstić information content (AvgIpc) is 3.06. The number of carboxylic acid groups (broad SMARTS) is 1. The van der Waals surface area contributed by atoms with Crippen LogP contribution in [0.15, 0.2) is 29.6 Å². The van der Waals surface area contributed by atoms with Crippen molar-refractivity contribution < 1.29 is 19.4 Å². The molecule has 1 aliphatic carbocycles. The highest BCUT2D eigenvalue weighted by Gasteiger charge is 2.22. The Labute approximate surface area is 132 Å². The van der Waals surface area contributed by atoms with Gasteiger partial charge in [0, 0.05) is 5.56 Å². The normalized spacial score (nSPS) is 13.5. The molecule has 0 bridgehead atoms. The van der Waals surface area contributed by atoms with Crippen LogP contribution in [0.2, 0.25) is 0 Å². The van der Waals surface area contributed by atoms with E-state index in [9.17, 15) is 9.59 Å². The summed E-state index contributed by atoms with van der Waals surface area (Å²) in [4.78, 5) is 24.1. The number of ether oxygens (including phenoxy) is 1. The van der Waals surface area contributed by atoms with Crippen molar-refractivity contribution in [1.29, 1.82) is 0 Å². The molecule has 1 aromatic heterocycles. The highest BCUT2D eigenvalue weighted by atomic mass is 32.1. The molecule has 114 valence electrons. The molecule has 3 rings (SSSR count). The number of thiophene rings is 1. The van der Waals surface area contributed by atoms with Crippen LogP contribution in [0.1, 0.15) is 39.2 Å². The van der Waals surface area contributed by atoms with Crippen molar-refractivity contribution in [2.24, 2.45) is 0 Å². The first-order valence-corrected chi connectivity index (χ1v) is 8.12. The first-order valence-electron chi connectivity index (χ1n) is 7.24. The fraction of sp³-hybridized carbons (Fsp3) is 0.294. The van der Waals surface area contributed by atoms with Crippen molar-refractivity contribution in [3.8, 4) is 5.75 Å². The van der Waals surface area contributed by atoms with Gasteiger partial charge in [0.05, 0.1) is 4.88 Å². The second-order valence-electron chi connectivity index (χ2n) is 5.26. The van der Waals surface area contributed by atoms with Gasteiger partial charge in [-0.3, -0.25) is 4.79 Å². The smallest absolute Gasteiger partial charge is 0.341 e. The van der Waals surface area contributed by atoms with E-state index in [0.29, 0.717) is 5.75 Å². The molecule has 0 radical (unpaired) electrons. The Kier molecular flexibility index (Phi) is 4.24. The maximum atomic E-state index is 12.6. The average molecular weight is 316 g/mol. The lowest BCUT2D eigenvalue weighted by molar-refractivity contribution is -0.139. The molecular formula is C17H16O4S. The molecule has 0 atom stereocenters. The van der Waals surface area contributed by atoms with Gasteiger partial charge in [0.15, 0.2) is 6.61 Å². The van der Waals surface area contributed by atoms with E-state index in [2.05, 4.69) is 0 Å². The summed E-state index contributed by atoms with van der Waals surface area (Å²) in [6.45, 7) is -0.356. The molecule has 0 aliphatic heterocycles. The van der Waals surface area contributed by atoms with Gasteiger partial charge < -0.3 is 9.84 Å². The zero-order valence-corrected chi connectivity index (χ0v) is 12.8. The van der Waals surface area contributed by atoms with Crippen molar-refractivity contribution in [3.63, 3.8) is 0 Å². The lowest BCUT2D eigenvalue weighted by atomic mass is 9.86. The number of ketones is 1. The van der Waals surface area contributed by atoms with Crippen LogP contribution in [0.4, 0.5) is 0 Å². The minimum atomic E-state index is -0.997. The second-order valence-corrected chi connectivity index (χ2v) is 6.21. The molecule has 2 aromatic rings. The van der Waals surface area contributed by atoms with Crippen LogP contribution in [-0.2, 0) is 17.6 Å². The molecular weight excluding hydrogens is 300 g/mol. The van der Waals surface area contributed by atoms with Gasteiger partial charge >= 0.3 is 5.97 Å². The van der Waals surface area contributed by atoms with Crippen LogP contribution >= 0.6 is 11.3 Å². The van der Waals surface area contributed by atoms with Crippen molar-refractivity contribution >= 4 is 23.1 Å². The van der Waals surface area contributed by atoms with Gasteiger partial charge in [-0.05, 0) is 60.4 Å². The Morgan fingerprint density at radius 1 is 1.14 bits per heavy atom. The molecule has 4 nitrogen and oxygen atoms in total. The van der Waals surface area contributed by atoms with Crippen LogP contribution < -0.4 is 4.74 Å². The predicted octanol–water partition coefficient (Wildman–Crippen LogP) is 3.32. The van der Waals surface area contributed by atoms with Gasteiger partial charge in [0.2, 0.25) is 5.78 Å². The number of hydrogen-bond acceptors (Lipinski definition) is 4. The Balaban J connectivity index is 1.98. The summed E-state index contributed by atoms with van der Waals surface area (Å²) < 4.78 is 5.38. The van der Waals surface area contributed by atoms with Gasteiger partial charge in [-0.25, -0.2) is 4.79 Å². The maximum Gasteiger partial charge on any atom is 0.341 e. The van der Waals surface area contributed by atoms with E-state index in [4.69, 9.17) is 9.84 Å². The van der Waals surface area contributed by atoms with E-state index in [-0.39, 0.29) is 12.4 Å². The van der Waals surface area contributed by atoms with Crippen molar-refractivity contribution in [2.45, 2.75) is 25.7 Å². The highest BCUT2D eigenvalue weighted by molar-refractivity contribution is 7.12. The van der Waals surface area contributed by atoms with Crippen LogP contribution in [-0.4, -0.2) is 23.5 Å². The van der Waals surface area contributed by atoms with Gasteiger partial charge in [0.1, 0.15) is 5.75 Å². The topological polar surface area (TPSA) is 63.6 Å². The molecule has 0 spiro atoms. The summed E-state index contributed by atoms with van der Waals surface area (Å²) >= 11 is 1.44. The summed E-state index contributed by atoms with van der Waals surface area (Å²) in [6, 6.07) is 7.20. The molecule has 0 fully saturated rings. The van der Waals surface area contributed by atoms with Gasteiger partial charge in [-0.2, -0.15) is 0 Å². The second kappa shape index (κ2) is 6.32. The maximum absolute atomic E-state index is 12.6. The minimum Gasteiger partial charge on any atom is -0.482 e. The van der Waals surface area contributed by atoms with Crippen LogP contribution in [0.5, 0.6) is 5.75 Å². The summed E-state index contributed by atoms with van der Waals surface area (Å²) in [5.74, 6) is -0.360. The Bertz CT molecular complexity index is 704. The monoisotopic (exact) mass is 316 g/mol. The molecule has 0 unspecified atom stereocenters. The zero-order valence-electron chi connectivity index (χ0n) is 12.0. The van der Waals surface area contributed by atoms with Crippen LogP contribution in [0.25, 0.3) is 0 Å². The molecule has 0 saturated heterocycles. The first-order chi connectivity index (χ1) is 10.7. The number of benzene rings is 1. The van der Waals surface area contributed by atoms with Crippen molar-refractivity contribution in [1.82, 2.24) is 0 Å². The number of hydrogen-bond donors (Lipinski definition) is 1. The lowest BCUT2D eigenvalue weighted by Gasteiger charge is -2.21.